The van der Waals surface area contributed by atoms with Gasteiger partial charge in [-0.3, -0.25) is 0 Å². The van der Waals surface area contributed by atoms with Crippen molar-refractivity contribution in [3.8, 4) is 28.7 Å². The van der Waals surface area contributed by atoms with Crippen molar-refractivity contribution in [2.45, 2.75) is 38.6 Å². The van der Waals surface area contributed by atoms with E-state index < -0.39 is 0 Å². The third kappa shape index (κ3) is 5.55. The molecule has 0 spiro atoms. The van der Waals surface area contributed by atoms with Crippen LogP contribution in [-0.4, -0.2) is 17.6 Å². The first-order valence-electron chi connectivity index (χ1n) is 10.2. The van der Waals surface area contributed by atoms with Crippen LogP contribution in [0.5, 0.6) is 17.2 Å². The van der Waals surface area contributed by atoms with Crippen LogP contribution in [0, 0.1) is 5.92 Å². The normalized spacial score (nSPS) is 14.0. The zero-order valence-electron chi connectivity index (χ0n) is 16.9. The summed E-state index contributed by atoms with van der Waals surface area (Å²) in [6.07, 6.45) is 5.64. The number of hydrogen-bond acceptors (Lipinski definition) is 5. The molecule has 1 aliphatic carbocycles. The molecule has 0 bridgehead atoms. The molecule has 0 saturated heterocycles. The number of hydrogen-bond donors (Lipinski definition) is 0. The minimum absolute atomic E-state index is 0.0717. The van der Waals surface area contributed by atoms with Crippen LogP contribution in [-0.2, 0) is 6.42 Å². The van der Waals surface area contributed by atoms with Crippen molar-refractivity contribution < 1.29 is 13.9 Å². The molecule has 2 aromatic carbocycles. The van der Waals surface area contributed by atoms with Crippen LogP contribution >= 0.6 is 0 Å². The van der Waals surface area contributed by atoms with Gasteiger partial charge in [-0.05, 0) is 67.1 Å². The zero-order valence-corrected chi connectivity index (χ0v) is 16.9. The van der Waals surface area contributed by atoms with Gasteiger partial charge in [0.15, 0.2) is 0 Å². The third-order valence-corrected chi connectivity index (χ3v) is 4.94. The Labute approximate surface area is 175 Å². The third-order valence-electron chi connectivity index (χ3n) is 4.94. The Morgan fingerprint density at radius 3 is 2.73 bits per heavy atom. The SMILES string of the molecule is CC(CCc1cnc(-c2ccc(Oc3cccc(OCC4CC4)c3)cc2)o1)N=[N+]=[N-]. The highest BCUT2D eigenvalue weighted by Crippen LogP contribution is 2.31. The maximum absolute atomic E-state index is 8.47. The number of ether oxygens (including phenoxy) is 2. The van der Waals surface area contributed by atoms with Gasteiger partial charge >= 0.3 is 0 Å². The summed E-state index contributed by atoms with van der Waals surface area (Å²) in [5.41, 5.74) is 9.34. The molecule has 1 saturated carbocycles. The summed E-state index contributed by atoms with van der Waals surface area (Å²) in [4.78, 5) is 7.17. The van der Waals surface area contributed by atoms with Gasteiger partial charge in [0.05, 0.1) is 12.8 Å². The highest BCUT2D eigenvalue weighted by Gasteiger charge is 2.21. The van der Waals surface area contributed by atoms with Crippen molar-refractivity contribution in [1.82, 2.24) is 4.98 Å². The molecule has 1 atom stereocenters. The van der Waals surface area contributed by atoms with E-state index in [0.29, 0.717) is 18.2 Å². The Hall–Kier alpha value is -3.44. The summed E-state index contributed by atoms with van der Waals surface area (Å²) in [6.45, 7) is 2.66. The lowest BCUT2D eigenvalue weighted by Crippen LogP contribution is -1.98. The monoisotopic (exact) mass is 404 g/mol. The number of rotatable bonds is 10. The van der Waals surface area contributed by atoms with E-state index in [-0.39, 0.29) is 6.04 Å². The first-order valence-corrected chi connectivity index (χ1v) is 10.2. The predicted molar refractivity (Wildman–Crippen MR) is 114 cm³/mol. The second-order valence-electron chi connectivity index (χ2n) is 7.58. The summed E-state index contributed by atoms with van der Waals surface area (Å²) in [7, 11) is 0. The summed E-state index contributed by atoms with van der Waals surface area (Å²) in [5.74, 6) is 4.35. The summed E-state index contributed by atoms with van der Waals surface area (Å²) >= 11 is 0. The van der Waals surface area contributed by atoms with Crippen LogP contribution in [0.2, 0.25) is 0 Å². The summed E-state index contributed by atoms with van der Waals surface area (Å²) in [5, 5.41) is 3.67. The topological polar surface area (TPSA) is 93.2 Å². The van der Waals surface area contributed by atoms with Crippen LogP contribution in [0.1, 0.15) is 31.9 Å². The molecule has 0 radical (unpaired) electrons. The fraction of sp³-hybridized carbons (Fsp3) is 0.348. The van der Waals surface area contributed by atoms with Gasteiger partial charge in [-0.2, -0.15) is 0 Å². The smallest absolute Gasteiger partial charge is 0.226 e. The molecule has 154 valence electrons. The van der Waals surface area contributed by atoms with Crippen molar-refractivity contribution in [2.75, 3.05) is 6.61 Å². The van der Waals surface area contributed by atoms with E-state index in [4.69, 9.17) is 19.4 Å². The van der Waals surface area contributed by atoms with Crippen molar-refractivity contribution in [3.63, 3.8) is 0 Å². The summed E-state index contributed by atoms with van der Waals surface area (Å²) < 4.78 is 17.6. The van der Waals surface area contributed by atoms with E-state index in [9.17, 15) is 0 Å². The Balaban J connectivity index is 1.35. The largest absolute Gasteiger partial charge is 0.493 e. The highest BCUT2D eigenvalue weighted by atomic mass is 16.5. The number of aromatic nitrogens is 1. The van der Waals surface area contributed by atoms with Crippen molar-refractivity contribution in [1.29, 1.82) is 0 Å². The number of nitrogens with zero attached hydrogens (tertiary/aromatic N) is 4. The molecule has 1 aromatic heterocycles. The Kier molecular flexibility index (Phi) is 6.20. The molecule has 1 heterocycles. The van der Waals surface area contributed by atoms with Gasteiger partial charge in [0.1, 0.15) is 23.0 Å². The van der Waals surface area contributed by atoms with Gasteiger partial charge in [0.2, 0.25) is 5.89 Å². The lowest BCUT2D eigenvalue weighted by molar-refractivity contribution is 0.298. The maximum Gasteiger partial charge on any atom is 0.226 e. The maximum atomic E-state index is 8.47. The van der Waals surface area contributed by atoms with Crippen molar-refractivity contribution in [2.24, 2.45) is 11.0 Å². The summed E-state index contributed by atoms with van der Waals surface area (Å²) in [6, 6.07) is 15.2. The molecular formula is C23H24N4O3. The number of oxazole rings is 1. The number of aryl methyl sites for hydroxylation is 1. The molecule has 1 aliphatic rings. The molecule has 1 fully saturated rings. The van der Waals surface area contributed by atoms with E-state index in [0.717, 1.165) is 41.6 Å². The van der Waals surface area contributed by atoms with Crippen molar-refractivity contribution >= 4 is 0 Å². The van der Waals surface area contributed by atoms with Crippen LogP contribution in [0.15, 0.2) is 64.3 Å². The zero-order chi connectivity index (χ0) is 20.8. The Bertz CT molecular complexity index is 1020. The van der Waals surface area contributed by atoms with Gasteiger partial charge < -0.3 is 13.9 Å². The highest BCUT2D eigenvalue weighted by molar-refractivity contribution is 5.55. The first-order chi connectivity index (χ1) is 14.7. The average Bonchev–Trinajstić information content (AvgIpc) is 3.47. The lowest BCUT2D eigenvalue weighted by atomic mass is 10.2. The predicted octanol–water partition coefficient (Wildman–Crippen LogP) is 6.55. The van der Waals surface area contributed by atoms with Crippen LogP contribution in [0.4, 0.5) is 0 Å². The molecule has 3 aromatic rings. The van der Waals surface area contributed by atoms with E-state index in [1.807, 2.05) is 55.5 Å². The lowest BCUT2D eigenvalue weighted by Gasteiger charge is -2.09. The molecule has 0 N–H and O–H groups in total. The quantitative estimate of drug-likeness (QED) is 0.217. The minimum Gasteiger partial charge on any atom is -0.493 e. The molecule has 7 heteroatoms. The second kappa shape index (κ2) is 9.37. The fourth-order valence-corrected chi connectivity index (χ4v) is 2.98. The van der Waals surface area contributed by atoms with E-state index in [1.165, 1.54) is 12.8 Å². The van der Waals surface area contributed by atoms with E-state index >= 15 is 0 Å². The first kappa shape index (κ1) is 19.9. The van der Waals surface area contributed by atoms with E-state index in [1.54, 1.807) is 6.20 Å². The van der Waals surface area contributed by atoms with Crippen LogP contribution < -0.4 is 9.47 Å². The van der Waals surface area contributed by atoms with Crippen molar-refractivity contribution in [3.05, 3.63) is 70.9 Å². The van der Waals surface area contributed by atoms with Gasteiger partial charge in [-0.1, -0.05) is 18.1 Å². The Morgan fingerprint density at radius 1 is 1.17 bits per heavy atom. The average molecular weight is 404 g/mol. The molecule has 0 amide bonds. The number of benzene rings is 2. The fourth-order valence-electron chi connectivity index (χ4n) is 2.98. The van der Waals surface area contributed by atoms with Gasteiger partial charge in [-0.25, -0.2) is 4.98 Å². The van der Waals surface area contributed by atoms with Gasteiger partial charge in [0, 0.05) is 29.0 Å². The molecule has 30 heavy (non-hydrogen) atoms. The molecule has 7 nitrogen and oxygen atoms in total. The minimum atomic E-state index is -0.0717. The van der Waals surface area contributed by atoms with Crippen LogP contribution in [0.25, 0.3) is 21.9 Å². The molecular weight excluding hydrogens is 380 g/mol. The van der Waals surface area contributed by atoms with Gasteiger partial charge in [0.25, 0.3) is 0 Å². The van der Waals surface area contributed by atoms with E-state index in [2.05, 4.69) is 15.0 Å². The van der Waals surface area contributed by atoms with Crippen LogP contribution in [0.3, 0.4) is 0 Å². The molecule has 0 aliphatic heterocycles. The molecule has 4 rings (SSSR count). The standard InChI is InChI=1S/C23H24N4O3/c1-16(26-27-24)5-10-22-14-25-23(30-22)18-8-11-19(12-9-18)29-21-4-2-3-20(13-21)28-15-17-6-7-17/h2-4,8-9,11-14,16-17H,5-7,10,15H2,1H3. The second-order valence-corrected chi connectivity index (χ2v) is 7.58. The van der Waals surface area contributed by atoms with Gasteiger partial charge in [-0.15, -0.1) is 0 Å². The number of azide groups is 1. The molecule has 1 unspecified atom stereocenters. The Morgan fingerprint density at radius 2 is 1.97 bits per heavy atom.